The molecule has 0 radical (unpaired) electrons. The molecule has 1 heterocycles. The molecule has 0 aromatic heterocycles. The van der Waals surface area contributed by atoms with Crippen molar-refractivity contribution < 1.29 is 9.18 Å². The standard InChI is InChI=1S/C16H23FN2O.ClH/c1-12(7-8-13-5-3-4-6-15(13)17)16(20)19(2)14-9-10-18-11-14;/h3-6,12,14,18H,7-11H2,1-2H3;1H. The zero-order valence-electron chi connectivity index (χ0n) is 12.6. The highest BCUT2D eigenvalue weighted by molar-refractivity contribution is 5.85. The van der Waals surface area contributed by atoms with Crippen molar-refractivity contribution in [1.29, 1.82) is 0 Å². The smallest absolute Gasteiger partial charge is 0.225 e. The Morgan fingerprint density at radius 3 is 2.81 bits per heavy atom. The number of nitrogens with zero attached hydrogens (tertiary/aromatic N) is 1. The predicted molar refractivity (Wildman–Crippen MR) is 85.2 cm³/mol. The van der Waals surface area contributed by atoms with Gasteiger partial charge in [0, 0.05) is 25.6 Å². The largest absolute Gasteiger partial charge is 0.341 e. The summed E-state index contributed by atoms with van der Waals surface area (Å²) in [5.41, 5.74) is 0.692. The Morgan fingerprint density at radius 2 is 2.19 bits per heavy atom. The van der Waals surface area contributed by atoms with Crippen LogP contribution in [0.4, 0.5) is 4.39 Å². The highest BCUT2D eigenvalue weighted by Crippen LogP contribution is 2.16. The first kappa shape index (κ1) is 17.9. The Bertz CT molecular complexity index is 463. The van der Waals surface area contributed by atoms with E-state index in [0.29, 0.717) is 24.4 Å². The topological polar surface area (TPSA) is 32.3 Å². The molecule has 0 aliphatic carbocycles. The summed E-state index contributed by atoms with van der Waals surface area (Å²) in [7, 11) is 1.87. The molecular weight excluding hydrogens is 291 g/mol. The molecule has 0 spiro atoms. The zero-order valence-corrected chi connectivity index (χ0v) is 13.5. The van der Waals surface area contributed by atoms with Crippen molar-refractivity contribution in [3.8, 4) is 0 Å². The Labute approximate surface area is 132 Å². The normalized spacial score (nSPS) is 18.9. The third-order valence-corrected chi connectivity index (χ3v) is 4.16. The molecule has 118 valence electrons. The van der Waals surface area contributed by atoms with Crippen LogP contribution in [-0.4, -0.2) is 37.0 Å². The molecule has 1 aromatic rings. The van der Waals surface area contributed by atoms with Gasteiger partial charge < -0.3 is 10.2 Å². The minimum Gasteiger partial charge on any atom is -0.341 e. The second-order valence-electron chi connectivity index (χ2n) is 5.63. The first-order valence-electron chi connectivity index (χ1n) is 7.30. The van der Waals surface area contributed by atoms with Crippen LogP contribution >= 0.6 is 12.4 Å². The van der Waals surface area contributed by atoms with Gasteiger partial charge in [0.15, 0.2) is 0 Å². The highest BCUT2D eigenvalue weighted by atomic mass is 35.5. The number of rotatable bonds is 5. The second kappa shape index (κ2) is 8.35. The Balaban J connectivity index is 0.00000220. The molecule has 1 fully saturated rings. The fourth-order valence-corrected chi connectivity index (χ4v) is 2.69. The van der Waals surface area contributed by atoms with Crippen LogP contribution in [0.15, 0.2) is 24.3 Å². The monoisotopic (exact) mass is 314 g/mol. The van der Waals surface area contributed by atoms with Gasteiger partial charge in [0.05, 0.1) is 0 Å². The van der Waals surface area contributed by atoms with Gasteiger partial charge in [-0.2, -0.15) is 0 Å². The van der Waals surface area contributed by atoms with E-state index in [2.05, 4.69) is 5.32 Å². The van der Waals surface area contributed by atoms with E-state index < -0.39 is 0 Å². The van der Waals surface area contributed by atoms with Gasteiger partial charge in [-0.15, -0.1) is 12.4 Å². The Hall–Kier alpha value is -1.13. The van der Waals surface area contributed by atoms with E-state index >= 15 is 0 Å². The lowest BCUT2D eigenvalue weighted by atomic mass is 9.99. The van der Waals surface area contributed by atoms with Gasteiger partial charge in [0.1, 0.15) is 5.82 Å². The van der Waals surface area contributed by atoms with E-state index in [-0.39, 0.29) is 30.0 Å². The van der Waals surface area contributed by atoms with Crippen molar-refractivity contribution in [1.82, 2.24) is 10.2 Å². The summed E-state index contributed by atoms with van der Waals surface area (Å²) in [6.45, 7) is 3.79. The quantitative estimate of drug-likeness (QED) is 0.906. The maximum atomic E-state index is 13.5. The summed E-state index contributed by atoms with van der Waals surface area (Å²) in [6, 6.07) is 7.09. The zero-order chi connectivity index (χ0) is 14.5. The van der Waals surface area contributed by atoms with Gasteiger partial charge >= 0.3 is 0 Å². The maximum absolute atomic E-state index is 13.5. The molecule has 1 amide bonds. The number of halogens is 2. The van der Waals surface area contributed by atoms with Crippen LogP contribution in [0.1, 0.15) is 25.3 Å². The summed E-state index contributed by atoms with van der Waals surface area (Å²) in [4.78, 5) is 14.2. The molecule has 2 atom stereocenters. The van der Waals surface area contributed by atoms with Crippen LogP contribution in [0.2, 0.25) is 0 Å². The SMILES string of the molecule is CC(CCc1ccccc1F)C(=O)N(C)C1CCNC1.Cl. The molecule has 1 aliphatic rings. The predicted octanol–water partition coefficient (Wildman–Crippen LogP) is 2.64. The lowest BCUT2D eigenvalue weighted by molar-refractivity contribution is -0.135. The van der Waals surface area contributed by atoms with E-state index in [1.54, 1.807) is 12.1 Å². The van der Waals surface area contributed by atoms with E-state index in [1.807, 2.05) is 24.9 Å². The van der Waals surface area contributed by atoms with Crippen LogP contribution in [0.3, 0.4) is 0 Å². The Kier molecular flexibility index (Phi) is 7.12. The van der Waals surface area contributed by atoms with Crippen molar-refractivity contribution in [3.05, 3.63) is 35.6 Å². The molecule has 0 bridgehead atoms. The minimum absolute atomic E-state index is 0. The van der Waals surface area contributed by atoms with Crippen LogP contribution < -0.4 is 5.32 Å². The van der Waals surface area contributed by atoms with Gasteiger partial charge in [-0.3, -0.25) is 4.79 Å². The van der Waals surface area contributed by atoms with E-state index in [9.17, 15) is 9.18 Å². The van der Waals surface area contributed by atoms with Crippen molar-refractivity contribution in [2.75, 3.05) is 20.1 Å². The number of benzene rings is 1. The number of likely N-dealkylation sites (N-methyl/N-ethyl adjacent to an activating group) is 1. The van der Waals surface area contributed by atoms with E-state index in [1.165, 1.54) is 6.07 Å². The van der Waals surface area contributed by atoms with Crippen LogP contribution in [-0.2, 0) is 11.2 Å². The fourth-order valence-electron chi connectivity index (χ4n) is 2.69. The van der Waals surface area contributed by atoms with E-state index in [0.717, 1.165) is 19.5 Å². The molecule has 1 saturated heterocycles. The first-order chi connectivity index (χ1) is 9.59. The molecule has 21 heavy (non-hydrogen) atoms. The van der Waals surface area contributed by atoms with Gasteiger partial charge in [0.2, 0.25) is 5.91 Å². The fraction of sp³-hybridized carbons (Fsp3) is 0.562. The van der Waals surface area contributed by atoms with Gasteiger partial charge in [-0.25, -0.2) is 4.39 Å². The maximum Gasteiger partial charge on any atom is 0.225 e. The molecule has 2 unspecified atom stereocenters. The van der Waals surface area contributed by atoms with Crippen molar-refractivity contribution in [2.45, 2.75) is 32.2 Å². The molecule has 1 aromatic carbocycles. The third-order valence-electron chi connectivity index (χ3n) is 4.16. The second-order valence-corrected chi connectivity index (χ2v) is 5.63. The number of carbonyl (C=O) groups excluding carboxylic acids is 1. The van der Waals surface area contributed by atoms with Crippen LogP contribution in [0, 0.1) is 11.7 Å². The molecule has 3 nitrogen and oxygen atoms in total. The van der Waals surface area contributed by atoms with Gasteiger partial charge in [-0.05, 0) is 37.4 Å². The summed E-state index contributed by atoms with van der Waals surface area (Å²) < 4.78 is 13.5. The van der Waals surface area contributed by atoms with Crippen molar-refractivity contribution in [3.63, 3.8) is 0 Å². The first-order valence-corrected chi connectivity index (χ1v) is 7.30. The summed E-state index contributed by atoms with van der Waals surface area (Å²) in [5.74, 6) is -0.0873. The number of amides is 1. The third kappa shape index (κ3) is 4.68. The highest BCUT2D eigenvalue weighted by Gasteiger charge is 2.26. The number of aryl methyl sites for hydroxylation is 1. The van der Waals surface area contributed by atoms with E-state index in [4.69, 9.17) is 0 Å². The molecule has 2 rings (SSSR count). The van der Waals surface area contributed by atoms with Crippen LogP contribution in [0.5, 0.6) is 0 Å². The average Bonchev–Trinajstić information content (AvgIpc) is 2.98. The summed E-state index contributed by atoms with van der Waals surface area (Å²) in [6.07, 6.45) is 2.31. The molecule has 1 aliphatic heterocycles. The lowest BCUT2D eigenvalue weighted by Crippen LogP contribution is -2.41. The molecular formula is C16H24ClFN2O. The van der Waals surface area contributed by atoms with Gasteiger partial charge in [-0.1, -0.05) is 25.1 Å². The number of nitrogens with one attached hydrogen (secondary N) is 1. The Morgan fingerprint density at radius 1 is 1.48 bits per heavy atom. The van der Waals surface area contributed by atoms with Crippen LogP contribution in [0.25, 0.3) is 0 Å². The molecule has 0 saturated carbocycles. The van der Waals surface area contributed by atoms with Gasteiger partial charge in [0.25, 0.3) is 0 Å². The van der Waals surface area contributed by atoms with Crippen molar-refractivity contribution >= 4 is 18.3 Å². The lowest BCUT2D eigenvalue weighted by Gasteiger charge is -2.27. The average molecular weight is 315 g/mol. The number of hydrogen-bond acceptors (Lipinski definition) is 2. The summed E-state index contributed by atoms with van der Waals surface area (Å²) in [5, 5.41) is 3.27. The number of hydrogen-bond donors (Lipinski definition) is 1. The summed E-state index contributed by atoms with van der Waals surface area (Å²) >= 11 is 0. The minimum atomic E-state index is -0.180. The molecule has 5 heteroatoms. The van der Waals surface area contributed by atoms with Crippen molar-refractivity contribution in [2.24, 2.45) is 5.92 Å². The number of carbonyl (C=O) groups is 1. The molecule has 1 N–H and O–H groups in total.